The van der Waals surface area contributed by atoms with Crippen LogP contribution in [0.2, 0.25) is 0 Å². The summed E-state index contributed by atoms with van der Waals surface area (Å²) in [6, 6.07) is 6.01. The molecule has 16 heavy (non-hydrogen) atoms. The number of methoxy groups -OCH3 is 2. The molecule has 1 aromatic rings. The smallest absolute Gasteiger partial charge is 0.161 e. The molecule has 0 radical (unpaired) electrons. The third kappa shape index (κ3) is 2.30. The SMILES string of the molecule is COc1ccc(C(C)(C)[C@@H](C)N)cc1OC. The van der Waals surface area contributed by atoms with Gasteiger partial charge in [-0.05, 0) is 24.6 Å². The standard InChI is InChI=1S/C13H21NO2/c1-9(14)13(2,3)10-6-7-11(15-4)12(8-10)16-5/h6-9H,14H2,1-5H3/t9-/m1/s1. The molecule has 0 spiro atoms. The molecular formula is C13H21NO2. The lowest BCUT2D eigenvalue weighted by Crippen LogP contribution is -2.38. The predicted octanol–water partition coefficient (Wildman–Crippen LogP) is 2.33. The number of benzene rings is 1. The van der Waals surface area contributed by atoms with Crippen molar-refractivity contribution < 1.29 is 9.47 Å². The molecular weight excluding hydrogens is 202 g/mol. The van der Waals surface area contributed by atoms with Crippen LogP contribution in [-0.2, 0) is 5.41 Å². The van der Waals surface area contributed by atoms with Crippen molar-refractivity contribution in [2.24, 2.45) is 5.73 Å². The van der Waals surface area contributed by atoms with Gasteiger partial charge >= 0.3 is 0 Å². The van der Waals surface area contributed by atoms with E-state index in [1.54, 1.807) is 14.2 Å². The zero-order valence-electron chi connectivity index (χ0n) is 10.7. The van der Waals surface area contributed by atoms with Crippen LogP contribution >= 0.6 is 0 Å². The Hall–Kier alpha value is -1.22. The van der Waals surface area contributed by atoms with Gasteiger partial charge in [-0.3, -0.25) is 0 Å². The first-order valence-corrected chi connectivity index (χ1v) is 5.41. The first-order valence-electron chi connectivity index (χ1n) is 5.41. The van der Waals surface area contributed by atoms with Crippen LogP contribution in [0, 0.1) is 0 Å². The lowest BCUT2D eigenvalue weighted by Gasteiger charge is -2.30. The molecule has 0 aromatic heterocycles. The maximum absolute atomic E-state index is 5.99. The van der Waals surface area contributed by atoms with Crippen molar-refractivity contribution >= 4 is 0 Å². The van der Waals surface area contributed by atoms with Crippen molar-refractivity contribution in [1.29, 1.82) is 0 Å². The third-order valence-corrected chi connectivity index (χ3v) is 3.27. The molecule has 0 aliphatic heterocycles. The van der Waals surface area contributed by atoms with Gasteiger partial charge in [0.05, 0.1) is 14.2 Å². The van der Waals surface area contributed by atoms with E-state index in [9.17, 15) is 0 Å². The minimum atomic E-state index is -0.0838. The molecule has 0 bridgehead atoms. The lowest BCUT2D eigenvalue weighted by atomic mass is 9.79. The molecule has 3 heteroatoms. The van der Waals surface area contributed by atoms with Crippen LogP contribution in [0.1, 0.15) is 26.3 Å². The average molecular weight is 223 g/mol. The minimum Gasteiger partial charge on any atom is -0.493 e. The van der Waals surface area contributed by atoms with E-state index >= 15 is 0 Å². The van der Waals surface area contributed by atoms with E-state index in [0.717, 1.165) is 17.1 Å². The van der Waals surface area contributed by atoms with E-state index in [1.165, 1.54) is 0 Å². The fraction of sp³-hybridized carbons (Fsp3) is 0.538. The van der Waals surface area contributed by atoms with E-state index in [-0.39, 0.29) is 11.5 Å². The van der Waals surface area contributed by atoms with Crippen LogP contribution in [0.4, 0.5) is 0 Å². The van der Waals surface area contributed by atoms with Gasteiger partial charge in [-0.15, -0.1) is 0 Å². The molecule has 0 unspecified atom stereocenters. The first kappa shape index (κ1) is 12.8. The summed E-state index contributed by atoms with van der Waals surface area (Å²) in [5.41, 5.74) is 7.06. The van der Waals surface area contributed by atoms with E-state index in [2.05, 4.69) is 13.8 Å². The van der Waals surface area contributed by atoms with Crippen LogP contribution in [0.3, 0.4) is 0 Å². The second-order valence-electron chi connectivity index (χ2n) is 4.58. The van der Waals surface area contributed by atoms with Crippen LogP contribution in [0.5, 0.6) is 11.5 Å². The van der Waals surface area contributed by atoms with Gasteiger partial charge in [-0.1, -0.05) is 19.9 Å². The van der Waals surface area contributed by atoms with E-state index < -0.39 is 0 Å². The van der Waals surface area contributed by atoms with Crippen molar-refractivity contribution in [3.05, 3.63) is 23.8 Å². The van der Waals surface area contributed by atoms with Crippen LogP contribution in [-0.4, -0.2) is 20.3 Å². The van der Waals surface area contributed by atoms with Crippen LogP contribution in [0.15, 0.2) is 18.2 Å². The van der Waals surface area contributed by atoms with Crippen molar-refractivity contribution in [1.82, 2.24) is 0 Å². The highest BCUT2D eigenvalue weighted by Gasteiger charge is 2.26. The van der Waals surface area contributed by atoms with E-state index in [4.69, 9.17) is 15.2 Å². The quantitative estimate of drug-likeness (QED) is 0.852. The predicted molar refractivity (Wildman–Crippen MR) is 66.2 cm³/mol. The minimum absolute atomic E-state index is 0.0746. The van der Waals surface area contributed by atoms with Gasteiger partial charge in [0.15, 0.2) is 11.5 Å². The fourth-order valence-corrected chi connectivity index (χ4v) is 1.50. The fourth-order valence-electron chi connectivity index (χ4n) is 1.50. The maximum atomic E-state index is 5.99. The molecule has 0 heterocycles. The Morgan fingerprint density at radius 3 is 2.12 bits per heavy atom. The number of rotatable bonds is 4. The summed E-state index contributed by atoms with van der Waals surface area (Å²) in [4.78, 5) is 0. The second-order valence-corrected chi connectivity index (χ2v) is 4.58. The van der Waals surface area contributed by atoms with Gasteiger partial charge in [0.25, 0.3) is 0 Å². The van der Waals surface area contributed by atoms with E-state index in [0.29, 0.717) is 0 Å². The van der Waals surface area contributed by atoms with Gasteiger partial charge in [0.2, 0.25) is 0 Å². The number of ether oxygens (including phenoxy) is 2. The topological polar surface area (TPSA) is 44.5 Å². The first-order chi connectivity index (χ1) is 7.43. The Labute approximate surface area is 97.6 Å². The monoisotopic (exact) mass is 223 g/mol. The zero-order valence-corrected chi connectivity index (χ0v) is 10.7. The van der Waals surface area contributed by atoms with Gasteiger partial charge in [-0.2, -0.15) is 0 Å². The number of nitrogens with two attached hydrogens (primary N) is 1. The molecule has 0 fully saturated rings. The van der Waals surface area contributed by atoms with Gasteiger partial charge in [0, 0.05) is 11.5 Å². The third-order valence-electron chi connectivity index (χ3n) is 3.27. The van der Waals surface area contributed by atoms with Gasteiger partial charge in [-0.25, -0.2) is 0 Å². The molecule has 0 saturated carbocycles. The summed E-state index contributed by atoms with van der Waals surface area (Å²) < 4.78 is 10.5. The Kier molecular flexibility index (Phi) is 3.81. The molecule has 1 rings (SSSR count). The molecule has 2 N–H and O–H groups in total. The number of hydrogen-bond donors (Lipinski definition) is 1. The summed E-state index contributed by atoms with van der Waals surface area (Å²) >= 11 is 0. The Morgan fingerprint density at radius 2 is 1.69 bits per heavy atom. The Balaban J connectivity index is 3.17. The molecule has 0 aliphatic carbocycles. The van der Waals surface area contributed by atoms with Crippen LogP contribution in [0.25, 0.3) is 0 Å². The molecule has 1 atom stereocenters. The van der Waals surface area contributed by atoms with Crippen molar-refractivity contribution in [3.8, 4) is 11.5 Å². The normalized spacial score (nSPS) is 13.4. The van der Waals surface area contributed by atoms with Crippen LogP contribution < -0.4 is 15.2 Å². The zero-order chi connectivity index (χ0) is 12.3. The Morgan fingerprint density at radius 1 is 1.12 bits per heavy atom. The second kappa shape index (κ2) is 4.74. The highest BCUT2D eigenvalue weighted by Crippen LogP contribution is 2.34. The summed E-state index contributed by atoms with van der Waals surface area (Å²) in [6.45, 7) is 6.26. The largest absolute Gasteiger partial charge is 0.493 e. The lowest BCUT2D eigenvalue weighted by molar-refractivity contribution is 0.351. The summed E-state index contributed by atoms with van der Waals surface area (Å²) in [6.07, 6.45) is 0. The summed E-state index contributed by atoms with van der Waals surface area (Å²) in [7, 11) is 3.27. The number of hydrogen-bond acceptors (Lipinski definition) is 3. The van der Waals surface area contributed by atoms with E-state index in [1.807, 2.05) is 25.1 Å². The highest BCUT2D eigenvalue weighted by molar-refractivity contribution is 5.45. The molecule has 0 aliphatic rings. The van der Waals surface area contributed by atoms with Crippen molar-refractivity contribution in [2.45, 2.75) is 32.2 Å². The van der Waals surface area contributed by atoms with Gasteiger partial charge < -0.3 is 15.2 Å². The van der Waals surface area contributed by atoms with Crippen molar-refractivity contribution in [3.63, 3.8) is 0 Å². The molecule has 3 nitrogen and oxygen atoms in total. The summed E-state index contributed by atoms with van der Waals surface area (Å²) in [5.74, 6) is 1.49. The average Bonchev–Trinajstić information content (AvgIpc) is 2.27. The Bertz CT molecular complexity index is 359. The molecule has 90 valence electrons. The van der Waals surface area contributed by atoms with Crippen molar-refractivity contribution in [2.75, 3.05) is 14.2 Å². The van der Waals surface area contributed by atoms with Gasteiger partial charge in [0.1, 0.15) is 0 Å². The summed E-state index contributed by atoms with van der Waals surface area (Å²) in [5, 5.41) is 0. The maximum Gasteiger partial charge on any atom is 0.161 e. The molecule has 0 amide bonds. The molecule has 1 aromatic carbocycles. The highest BCUT2D eigenvalue weighted by atomic mass is 16.5. The molecule has 0 saturated heterocycles.